The molecule has 14 heavy (non-hydrogen) atoms. The number of nitrogens with zero attached hydrogens (tertiary/aromatic N) is 1. The van der Waals surface area contributed by atoms with Gasteiger partial charge < -0.3 is 0 Å². The van der Waals surface area contributed by atoms with Crippen LogP contribution in [0.2, 0.25) is 0 Å². The Morgan fingerprint density at radius 3 is 2.57 bits per heavy atom. The van der Waals surface area contributed by atoms with Gasteiger partial charge in [0.05, 0.1) is 4.92 Å². The summed E-state index contributed by atoms with van der Waals surface area (Å²) < 4.78 is 12.9. The number of benzene rings is 1. The number of carbonyl (C=O) groups excluding carboxylic acids is 1. The van der Waals surface area contributed by atoms with Crippen LogP contribution in [0.1, 0.15) is 15.9 Å². The van der Waals surface area contributed by atoms with Gasteiger partial charge in [-0.1, -0.05) is 0 Å². The Labute approximate surface area is 83.4 Å². The summed E-state index contributed by atoms with van der Waals surface area (Å²) in [6, 6.07) is 1.74. The first-order chi connectivity index (χ1) is 6.43. The van der Waals surface area contributed by atoms with Gasteiger partial charge >= 0.3 is 5.69 Å². The zero-order valence-corrected chi connectivity index (χ0v) is 7.84. The highest BCUT2D eigenvalue weighted by Crippen LogP contribution is 2.22. The molecule has 0 fully saturated rings. The lowest BCUT2D eigenvalue weighted by Gasteiger charge is -2.00. The summed E-state index contributed by atoms with van der Waals surface area (Å²) in [6.07, 6.45) is 0. The number of halogens is 2. The molecule has 4 nitrogen and oxygen atoms in total. The Morgan fingerprint density at radius 2 is 2.14 bits per heavy atom. The Kier molecular flexibility index (Phi) is 2.81. The van der Waals surface area contributed by atoms with Gasteiger partial charge in [-0.05, 0) is 30.2 Å². The fraction of sp³-hybridized carbons (Fsp3) is 0.125. The van der Waals surface area contributed by atoms with E-state index in [2.05, 4.69) is 0 Å². The second-order valence-corrected chi connectivity index (χ2v) is 2.99. The summed E-state index contributed by atoms with van der Waals surface area (Å²) in [7, 11) is 0. The minimum absolute atomic E-state index is 0.0558. The largest absolute Gasteiger partial charge is 0.305 e. The maximum atomic E-state index is 12.9. The Morgan fingerprint density at radius 1 is 1.57 bits per heavy atom. The van der Waals surface area contributed by atoms with Gasteiger partial charge in [0.1, 0.15) is 0 Å². The zero-order chi connectivity index (χ0) is 10.9. The van der Waals surface area contributed by atoms with Crippen LogP contribution in [0, 0.1) is 22.9 Å². The van der Waals surface area contributed by atoms with Gasteiger partial charge in [0.15, 0.2) is 0 Å². The molecule has 74 valence electrons. The van der Waals surface area contributed by atoms with E-state index in [1.54, 1.807) is 0 Å². The van der Waals surface area contributed by atoms with Gasteiger partial charge in [0, 0.05) is 11.6 Å². The van der Waals surface area contributed by atoms with E-state index in [1.165, 1.54) is 6.92 Å². The number of hydrogen-bond acceptors (Lipinski definition) is 3. The lowest BCUT2D eigenvalue weighted by molar-refractivity contribution is -0.387. The van der Waals surface area contributed by atoms with Crippen molar-refractivity contribution in [3.63, 3.8) is 0 Å². The molecule has 1 rings (SSSR count). The van der Waals surface area contributed by atoms with E-state index in [1.807, 2.05) is 0 Å². The Bertz CT molecular complexity index is 384. The molecule has 0 aliphatic heterocycles. The quantitative estimate of drug-likeness (QED) is 0.434. The van der Waals surface area contributed by atoms with E-state index >= 15 is 0 Å². The summed E-state index contributed by atoms with van der Waals surface area (Å²) >= 11 is 5.15. The SMILES string of the molecule is Cc1cc(F)c([N+](=O)[O-])cc1C(=O)Cl. The van der Waals surface area contributed by atoms with Crippen LogP contribution in [0.15, 0.2) is 12.1 Å². The topological polar surface area (TPSA) is 60.2 Å². The number of nitro groups is 1. The summed E-state index contributed by atoms with van der Waals surface area (Å²) in [4.78, 5) is 20.2. The summed E-state index contributed by atoms with van der Waals surface area (Å²) in [6.45, 7) is 1.45. The third-order valence-corrected chi connectivity index (χ3v) is 1.91. The molecule has 0 heterocycles. The molecule has 0 saturated carbocycles. The molecule has 1 aromatic carbocycles. The highest BCUT2D eigenvalue weighted by Gasteiger charge is 2.18. The van der Waals surface area contributed by atoms with Gasteiger partial charge in [-0.15, -0.1) is 0 Å². The number of aryl methyl sites for hydroxylation is 1. The Balaban J connectivity index is 3.42. The van der Waals surface area contributed by atoms with Gasteiger partial charge in [0.25, 0.3) is 5.24 Å². The van der Waals surface area contributed by atoms with Gasteiger partial charge in [-0.3, -0.25) is 14.9 Å². The van der Waals surface area contributed by atoms with E-state index in [9.17, 15) is 19.3 Å². The third-order valence-electron chi connectivity index (χ3n) is 1.70. The van der Waals surface area contributed by atoms with Crippen molar-refractivity contribution in [2.24, 2.45) is 0 Å². The normalized spacial score (nSPS) is 9.93. The van der Waals surface area contributed by atoms with E-state index in [-0.39, 0.29) is 11.1 Å². The third kappa shape index (κ3) is 1.88. The molecule has 0 aliphatic carbocycles. The van der Waals surface area contributed by atoms with Crippen LogP contribution in [0.4, 0.5) is 10.1 Å². The predicted octanol–water partition coefficient (Wildman–Crippen LogP) is 2.42. The van der Waals surface area contributed by atoms with E-state index in [0.717, 1.165) is 12.1 Å². The van der Waals surface area contributed by atoms with E-state index in [0.29, 0.717) is 0 Å². The van der Waals surface area contributed by atoms with Crippen LogP contribution in [0.25, 0.3) is 0 Å². The minimum Gasteiger partial charge on any atom is -0.276 e. The number of rotatable bonds is 2. The molecule has 0 aromatic heterocycles. The average Bonchev–Trinajstić information content (AvgIpc) is 2.02. The highest BCUT2D eigenvalue weighted by molar-refractivity contribution is 6.67. The van der Waals surface area contributed by atoms with E-state index in [4.69, 9.17) is 11.6 Å². The van der Waals surface area contributed by atoms with Gasteiger partial charge in [-0.25, -0.2) is 0 Å². The van der Waals surface area contributed by atoms with Crippen LogP contribution in [-0.2, 0) is 0 Å². The summed E-state index contributed by atoms with van der Waals surface area (Å²) in [5, 5.41) is 9.48. The van der Waals surface area contributed by atoms with Gasteiger partial charge in [0.2, 0.25) is 5.82 Å². The lowest BCUT2D eigenvalue weighted by atomic mass is 10.1. The van der Waals surface area contributed by atoms with Crippen molar-refractivity contribution >= 4 is 22.5 Å². The molecule has 0 unspecified atom stereocenters. The summed E-state index contributed by atoms with van der Waals surface area (Å²) in [5.41, 5.74) is -0.535. The second-order valence-electron chi connectivity index (χ2n) is 2.65. The first-order valence-corrected chi connectivity index (χ1v) is 3.95. The van der Waals surface area contributed by atoms with Crippen LogP contribution in [0.5, 0.6) is 0 Å². The van der Waals surface area contributed by atoms with Gasteiger partial charge in [-0.2, -0.15) is 4.39 Å². The number of carbonyl (C=O) groups is 1. The fourth-order valence-corrected chi connectivity index (χ4v) is 1.22. The molecular weight excluding hydrogens is 213 g/mol. The molecule has 0 bridgehead atoms. The first kappa shape index (κ1) is 10.6. The van der Waals surface area contributed by atoms with Crippen molar-refractivity contribution in [2.75, 3.05) is 0 Å². The van der Waals surface area contributed by atoms with Crippen molar-refractivity contribution < 1.29 is 14.1 Å². The first-order valence-electron chi connectivity index (χ1n) is 3.58. The van der Waals surface area contributed by atoms with Crippen molar-refractivity contribution in [3.8, 4) is 0 Å². The molecule has 0 spiro atoms. The average molecular weight is 218 g/mol. The zero-order valence-electron chi connectivity index (χ0n) is 7.08. The lowest BCUT2D eigenvalue weighted by Crippen LogP contribution is -1.99. The van der Waals surface area contributed by atoms with Crippen LogP contribution < -0.4 is 0 Å². The Hall–Kier alpha value is -1.49. The smallest absolute Gasteiger partial charge is 0.276 e. The van der Waals surface area contributed by atoms with Crippen molar-refractivity contribution in [1.82, 2.24) is 0 Å². The molecule has 6 heteroatoms. The van der Waals surface area contributed by atoms with Crippen LogP contribution in [-0.4, -0.2) is 10.2 Å². The monoisotopic (exact) mass is 217 g/mol. The molecular formula is C8H5ClFNO3. The molecule has 0 radical (unpaired) electrons. The standard InChI is InChI=1S/C8H5ClFNO3/c1-4-2-6(10)7(11(13)14)3-5(4)8(9)12/h2-3H,1H3. The number of hydrogen-bond donors (Lipinski definition) is 0. The second kappa shape index (κ2) is 3.71. The predicted molar refractivity (Wildman–Crippen MR) is 48.0 cm³/mol. The van der Waals surface area contributed by atoms with Crippen molar-refractivity contribution in [2.45, 2.75) is 6.92 Å². The molecule has 0 amide bonds. The number of nitro benzene ring substituents is 1. The van der Waals surface area contributed by atoms with Crippen LogP contribution >= 0.6 is 11.6 Å². The minimum atomic E-state index is -0.978. The molecule has 0 saturated heterocycles. The maximum Gasteiger partial charge on any atom is 0.305 e. The molecule has 0 atom stereocenters. The summed E-state index contributed by atoms with van der Waals surface area (Å²) in [5.74, 6) is -0.978. The maximum absolute atomic E-state index is 12.9. The molecule has 1 aromatic rings. The van der Waals surface area contributed by atoms with Crippen molar-refractivity contribution in [1.29, 1.82) is 0 Å². The van der Waals surface area contributed by atoms with E-state index < -0.39 is 21.7 Å². The van der Waals surface area contributed by atoms with Crippen molar-refractivity contribution in [3.05, 3.63) is 39.2 Å². The molecule has 0 N–H and O–H groups in total. The van der Waals surface area contributed by atoms with Crippen LogP contribution in [0.3, 0.4) is 0 Å². The molecule has 0 aliphatic rings. The highest BCUT2D eigenvalue weighted by atomic mass is 35.5. The fourth-order valence-electron chi connectivity index (χ4n) is 1.01.